The van der Waals surface area contributed by atoms with Crippen LogP contribution in [0, 0.1) is 11.8 Å². The molecule has 0 saturated carbocycles. The average molecular weight is 305 g/mol. The number of ether oxygens (including phenoxy) is 1. The first-order valence-corrected chi connectivity index (χ1v) is 8.50. The van der Waals surface area contributed by atoms with Gasteiger partial charge >= 0.3 is 5.97 Å². The zero-order chi connectivity index (χ0) is 14.6. The van der Waals surface area contributed by atoms with Crippen LogP contribution in [0.2, 0.25) is 0 Å². The second-order valence-corrected chi connectivity index (χ2v) is 7.16. The highest BCUT2D eigenvalue weighted by atomic mass is 32.2. The van der Waals surface area contributed by atoms with Crippen molar-refractivity contribution in [3.63, 3.8) is 0 Å². The van der Waals surface area contributed by atoms with Crippen molar-refractivity contribution >= 4 is 16.2 Å². The van der Waals surface area contributed by atoms with Crippen molar-refractivity contribution in [3.05, 3.63) is 0 Å². The molecule has 7 nitrogen and oxygen atoms in total. The van der Waals surface area contributed by atoms with Crippen LogP contribution in [0.3, 0.4) is 0 Å². The SMILES string of the molecule is COC(=O)C1CCN(S(=O)(=O)NCC2CCNC2)CC1. The third-order valence-corrected chi connectivity index (χ3v) is 5.62. The molecule has 0 amide bonds. The lowest BCUT2D eigenvalue weighted by atomic mass is 9.99. The van der Waals surface area contributed by atoms with E-state index >= 15 is 0 Å². The predicted octanol–water partition coefficient (Wildman–Crippen LogP) is -0.685. The normalized spacial score (nSPS) is 25.8. The van der Waals surface area contributed by atoms with Crippen molar-refractivity contribution in [3.8, 4) is 0 Å². The Balaban J connectivity index is 1.80. The highest BCUT2D eigenvalue weighted by Gasteiger charge is 2.31. The van der Waals surface area contributed by atoms with Crippen LogP contribution < -0.4 is 10.0 Å². The summed E-state index contributed by atoms with van der Waals surface area (Å²) < 4.78 is 33.1. The molecular weight excluding hydrogens is 282 g/mol. The molecule has 2 saturated heterocycles. The van der Waals surface area contributed by atoms with Gasteiger partial charge in [0, 0.05) is 19.6 Å². The Kier molecular flexibility index (Phi) is 5.36. The lowest BCUT2D eigenvalue weighted by Crippen LogP contribution is -2.47. The molecule has 2 rings (SSSR count). The Bertz CT molecular complexity index is 426. The summed E-state index contributed by atoms with van der Waals surface area (Å²) in [5.74, 6) is -0.0464. The Labute approximate surface area is 120 Å². The van der Waals surface area contributed by atoms with E-state index in [-0.39, 0.29) is 11.9 Å². The molecule has 2 fully saturated rings. The Morgan fingerprint density at radius 2 is 2.05 bits per heavy atom. The van der Waals surface area contributed by atoms with Gasteiger partial charge < -0.3 is 10.1 Å². The van der Waals surface area contributed by atoms with Crippen molar-refractivity contribution in [1.29, 1.82) is 0 Å². The molecule has 0 aliphatic carbocycles. The van der Waals surface area contributed by atoms with Gasteiger partial charge in [0.25, 0.3) is 10.2 Å². The minimum absolute atomic E-state index is 0.175. The van der Waals surface area contributed by atoms with Gasteiger partial charge in [-0.1, -0.05) is 0 Å². The first-order chi connectivity index (χ1) is 9.53. The van der Waals surface area contributed by atoms with Crippen LogP contribution in [0.4, 0.5) is 0 Å². The van der Waals surface area contributed by atoms with Gasteiger partial charge in [0.2, 0.25) is 0 Å². The topological polar surface area (TPSA) is 87.7 Å². The van der Waals surface area contributed by atoms with Crippen molar-refractivity contribution in [2.24, 2.45) is 11.8 Å². The largest absolute Gasteiger partial charge is 0.469 e. The highest BCUT2D eigenvalue weighted by molar-refractivity contribution is 7.87. The summed E-state index contributed by atoms with van der Waals surface area (Å²) in [6.07, 6.45) is 2.06. The monoisotopic (exact) mass is 305 g/mol. The summed E-state index contributed by atoms with van der Waals surface area (Å²) in [6, 6.07) is 0. The molecule has 2 N–H and O–H groups in total. The summed E-state index contributed by atoms with van der Waals surface area (Å²) in [5.41, 5.74) is 0. The van der Waals surface area contributed by atoms with Gasteiger partial charge in [-0.25, -0.2) is 4.72 Å². The van der Waals surface area contributed by atoms with Crippen molar-refractivity contribution < 1.29 is 17.9 Å². The lowest BCUT2D eigenvalue weighted by Gasteiger charge is -2.30. The summed E-state index contributed by atoms with van der Waals surface area (Å²) in [5, 5.41) is 3.21. The van der Waals surface area contributed by atoms with Crippen LogP contribution in [0.25, 0.3) is 0 Å². The maximum atomic E-state index is 12.2. The summed E-state index contributed by atoms with van der Waals surface area (Å²) >= 11 is 0. The van der Waals surface area contributed by atoms with Gasteiger partial charge in [-0.15, -0.1) is 0 Å². The van der Waals surface area contributed by atoms with E-state index in [0.717, 1.165) is 19.5 Å². The number of carbonyl (C=O) groups is 1. The van der Waals surface area contributed by atoms with Gasteiger partial charge in [0.15, 0.2) is 0 Å². The Morgan fingerprint density at radius 1 is 1.35 bits per heavy atom. The number of methoxy groups -OCH3 is 1. The molecule has 2 aliphatic rings. The van der Waals surface area contributed by atoms with Crippen LogP contribution in [0.1, 0.15) is 19.3 Å². The molecule has 0 aromatic heterocycles. The number of esters is 1. The van der Waals surface area contributed by atoms with Crippen LogP contribution >= 0.6 is 0 Å². The van der Waals surface area contributed by atoms with Crippen LogP contribution in [0.15, 0.2) is 0 Å². The molecule has 1 atom stereocenters. The number of hydrogen-bond donors (Lipinski definition) is 2. The van der Waals surface area contributed by atoms with Crippen LogP contribution in [0.5, 0.6) is 0 Å². The second kappa shape index (κ2) is 6.84. The zero-order valence-electron chi connectivity index (χ0n) is 11.8. The summed E-state index contributed by atoms with van der Waals surface area (Å²) in [6.45, 7) is 3.05. The van der Waals surface area contributed by atoms with Crippen LogP contribution in [-0.2, 0) is 19.7 Å². The van der Waals surface area contributed by atoms with E-state index in [9.17, 15) is 13.2 Å². The fraction of sp³-hybridized carbons (Fsp3) is 0.917. The maximum absolute atomic E-state index is 12.2. The van der Waals surface area contributed by atoms with Crippen LogP contribution in [-0.4, -0.2) is 58.5 Å². The number of piperidine rings is 1. The molecular formula is C12H23N3O4S. The molecule has 116 valence electrons. The van der Waals surface area contributed by atoms with Crippen molar-refractivity contribution in [2.75, 3.05) is 39.8 Å². The quantitative estimate of drug-likeness (QED) is 0.657. The number of hydrogen-bond acceptors (Lipinski definition) is 5. The Hall–Kier alpha value is -0.700. The first kappa shape index (κ1) is 15.7. The average Bonchev–Trinajstić information content (AvgIpc) is 2.98. The van der Waals surface area contributed by atoms with E-state index in [0.29, 0.717) is 38.4 Å². The second-order valence-electron chi connectivity index (χ2n) is 5.41. The highest BCUT2D eigenvalue weighted by Crippen LogP contribution is 2.20. The minimum atomic E-state index is -3.42. The van der Waals surface area contributed by atoms with Gasteiger partial charge in [-0.3, -0.25) is 4.79 Å². The molecule has 0 bridgehead atoms. The molecule has 2 aliphatic heterocycles. The minimum Gasteiger partial charge on any atom is -0.469 e. The molecule has 0 spiro atoms. The molecule has 20 heavy (non-hydrogen) atoms. The zero-order valence-corrected chi connectivity index (χ0v) is 12.6. The maximum Gasteiger partial charge on any atom is 0.308 e. The summed E-state index contributed by atoms with van der Waals surface area (Å²) in [7, 11) is -2.06. The molecule has 1 unspecified atom stereocenters. The van der Waals surface area contributed by atoms with E-state index in [1.165, 1.54) is 11.4 Å². The fourth-order valence-corrected chi connectivity index (χ4v) is 4.02. The predicted molar refractivity (Wildman–Crippen MR) is 74.2 cm³/mol. The molecule has 0 aromatic rings. The van der Waals surface area contributed by atoms with Crippen molar-refractivity contribution in [2.45, 2.75) is 19.3 Å². The number of carbonyl (C=O) groups excluding carboxylic acids is 1. The molecule has 8 heteroatoms. The van der Waals surface area contributed by atoms with Gasteiger partial charge in [-0.05, 0) is 38.3 Å². The van der Waals surface area contributed by atoms with E-state index in [1.807, 2.05) is 0 Å². The first-order valence-electron chi connectivity index (χ1n) is 7.06. The standard InChI is InChI=1S/C12H23N3O4S/c1-19-12(16)11-3-6-15(7-4-11)20(17,18)14-9-10-2-5-13-8-10/h10-11,13-14H,2-9H2,1H3. The van der Waals surface area contributed by atoms with Gasteiger partial charge in [0.05, 0.1) is 13.0 Å². The third-order valence-electron chi connectivity index (χ3n) is 4.05. The number of nitrogens with one attached hydrogen (secondary N) is 2. The third kappa shape index (κ3) is 3.91. The molecule has 0 radical (unpaired) electrons. The van der Waals surface area contributed by atoms with E-state index < -0.39 is 10.2 Å². The smallest absolute Gasteiger partial charge is 0.308 e. The number of nitrogens with zero attached hydrogens (tertiary/aromatic N) is 1. The van der Waals surface area contributed by atoms with Gasteiger partial charge in [0.1, 0.15) is 0 Å². The van der Waals surface area contributed by atoms with E-state index in [1.54, 1.807) is 0 Å². The fourth-order valence-electron chi connectivity index (χ4n) is 2.70. The molecule has 0 aromatic carbocycles. The lowest BCUT2D eigenvalue weighted by molar-refractivity contribution is -0.146. The number of rotatable bonds is 5. The van der Waals surface area contributed by atoms with Gasteiger partial charge in [-0.2, -0.15) is 12.7 Å². The van der Waals surface area contributed by atoms with E-state index in [2.05, 4.69) is 10.0 Å². The van der Waals surface area contributed by atoms with Crippen molar-refractivity contribution in [1.82, 2.24) is 14.3 Å². The molecule has 2 heterocycles. The van der Waals surface area contributed by atoms with E-state index in [4.69, 9.17) is 4.74 Å². The summed E-state index contributed by atoms with van der Waals surface area (Å²) in [4.78, 5) is 11.4. The Morgan fingerprint density at radius 3 is 2.60 bits per heavy atom.